The van der Waals surface area contributed by atoms with Crippen LogP contribution in [0.15, 0.2) is 36.7 Å². The molecule has 6 nitrogen and oxygen atoms in total. The van der Waals surface area contributed by atoms with Crippen LogP contribution in [0.1, 0.15) is 24.9 Å². The molecule has 1 aromatic heterocycles. The zero-order chi connectivity index (χ0) is 13.8. The number of anilines is 1. The van der Waals surface area contributed by atoms with E-state index in [1.54, 1.807) is 23.0 Å². The average Bonchev–Trinajstić information content (AvgIpc) is 2.81. The summed E-state index contributed by atoms with van der Waals surface area (Å²) in [5, 5.41) is 18.2. The summed E-state index contributed by atoms with van der Waals surface area (Å²) in [6.45, 7) is 2.03. The Labute approximate surface area is 111 Å². The molecule has 0 spiro atoms. The number of nitro benzene ring substituents is 1. The van der Waals surface area contributed by atoms with Crippen molar-refractivity contribution in [2.24, 2.45) is 7.05 Å². The molecule has 0 saturated heterocycles. The summed E-state index contributed by atoms with van der Waals surface area (Å²) in [6.07, 6.45) is 4.44. The minimum atomic E-state index is -0.375. The first-order valence-electron chi connectivity index (χ1n) is 6.09. The smallest absolute Gasteiger partial charge is 0.269 e. The summed E-state index contributed by atoms with van der Waals surface area (Å²) in [5.41, 5.74) is 1.92. The number of hydrogen-bond donors (Lipinski definition) is 1. The molecule has 1 unspecified atom stereocenters. The Balaban J connectivity index is 2.21. The molecular formula is C13H16N4O2. The Hall–Kier alpha value is -2.37. The molecule has 0 fully saturated rings. The van der Waals surface area contributed by atoms with E-state index in [1.165, 1.54) is 6.07 Å². The Bertz CT molecular complexity index is 580. The topological polar surface area (TPSA) is 73.0 Å². The molecule has 0 aliphatic carbocycles. The Kier molecular flexibility index (Phi) is 3.79. The second kappa shape index (κ2) is 5.51. The molecule has 0 saturated carbocycles. The van der Waals surface area contributed by atoms with Crippen molar-refractivity contribution in [2.75, 3.05) is 5.32 Å². The van der Waals surface area contributed by atoms with E-state index in [-0.39, 0.29) is 16.7 Å². The molecule has 1 atom stereocenters. The van der Waals surface area contributed by atoms with E-state index in [0.29, 0.717) is 0 Å². The van der Waals surface area contributed by atoms with Gasteiger partial charge in [0.15, 0.2) is 0 Å². The van der Waals surface area contributed by atoms with Gasteiger partial charge >= 0.3 is 0 Å². The van der Waals surface area contributed by atoms with Crippen molar-refractivity contribution in [3.63, 3.8) is 0 Å². The molecule has 0 radical (unpaired) electrons. The number of rotatable bonds is 5. The molecule has 19 heavy (non-hydrogen) atoms. The van der Waals surface area contributed by atoms with E-state index in [4.69, 9.17) is 0 Å². The maximum Gasteiger partial charge on any atom is 0.269 e. The molecule has 0 aliphatic rings. The van der Waals surface area contributed by atoms with Crippen LogP contribution in [0.25, 0.3) is 0 Å². The quantitative estimate of drug-likeness (QED) is 0.662. The van der Waals surface area contributed by atoms with Crippen molar-refractivity contribution >= 4 is 11.4 Å². The molecular weight excluding hydrogens is 244 g/mol. The molecule has 0 amide bonds. The molecule has 1 heterocycles. The molecule has 1 N–H and O–H groups in total. The van der Waals surface area contributed by atoms with Gasteiger partial charge in [0.1, 0.15) is 0 Å². The number of benzene rings is 1. The highest BCUT2D eigenvalue weighted by atomic mass is 16.6. The maximum atomic E-state index is 10.8. The van der Waals surface area contributed by atoms with Crippen molar-refractivity contribution in [3.8, 4) is 0 Å². The fourth-order valence-electron chi connectivity index (χ4n) is 1.97. The van der Waals surface area contributed by atoms with Gasteiger partial charge in [-0.05, 0) is 12.0 Å². The van der Waals surface area contributed by atoms with Crippen LogP contribution in [0.4, 0.5) is 11.4 Å². The van der Waals surface area contributed by atoms with Crippen LogP contribution < -0.4 is 5.32 Å². The second-order valence-corrected chi connectivity index (χ2v) is 4.36. The number of nitrogens with zero attached hydrogens (tertiary/aromatic N) is 3. The predicted molar refractivity (Wildman–Crippen MR) is 73.0 cm³/mol. The van der Waals surface area contributed by atoms with E-state index in [1.807, 2.05) is 26.2 Å². The van der Waals surface area contributed by atoms with Crippen LogP contribution >= 0.6 is 0 Å². The van der Waals surface area contributed by atoms with Gasteiger partial charge in [-0.1, -0.05) is 19.1 Å². The third kappa shape index (κ3) is 3.09. The van der Waals surface area contributed by atoms with E-state index >= 15 is 0 Å². The van der Waals surface area contributed by atoms with Crippen LogP contribution in [0, 0.1) is 10.1 Å². The zero-order valence-electron chi connectivity index (χ0n) is 10.9. The third-order valence-electron chi connectivity index (χ3n) is 2.94. The van der Waals surface area contributed by atoms with Crippen molar-refractivity contribution in [1.29, 1.82) is 0 Å². The Morgan fingerprint density at radius 1 is 1.53 bits per heavy atom. The first-order chi connectivity index (χ1) is 9.10. The summed E-state index contributed by atoms with van der Waals surface area (Å²) in [4.78, 5) is 10.4. The monoisotopic (exact) mass is 260 g/mol. The highest BCUT2D eigenvalue weighted by Crippen LogP contribution is 2.25. The number of hydrogen-bond acceptors (Lipinski definition) is 4. The van der Waals surface area contributed by atoms with Crippen molar-refractivity contribution < 1.29 is 4.92 Å². The highest BCUT2D eigenvalue weighted by Gasteiger charge is 2.13. The third-order valence-corrected chi connectivity index (χ3v) is 2.94. The van der Waals surface area contributed by atoms with E-state index < -0.39 is 0 Å². The van der Waals surface area contributed by atoms with Gasteiger partial charge in [0.25, 0.3) is 5.69 Å². The van der Waals surface area contributed by atoms with E-state index in [2.05, 4.69) is 10.4 Å². The van der Waals surface area contributed by atoms with Crippen LogP contribution in [-0.4, -0.2) is 14.7 Å². The van der Waals surface area contributed by atoms with Gasteiger partial charge in [-0.25, -0.2) is 0 Å². The van der Waals surface area contributed by atoms with Crippen LogP contribution in [0.2, 0.25) is 0 Å². The molecule has 0 aliphatic heterocycles. The van der Waals surface area contributed by atoms with Crippen LogP contribution in [-0.2, 0) is 7.05 Å². The highest BCUT2D eigenvalue weighted by molar-refractivity contribution is 5.44. The standard InChI is InChI=1S/C13H16N4O2/c1-3-13(15-11-8-14-16(2)9-11)10-5-4-6-12(7-10)17(18)19/h4-9,13,15H,3H2,1-2H3. The number of nitrogens with one attached hydrogen (secondary N) is 1. The van der Waals surface area contributed by atoms with E-state index in [9.17, 15) is 10.1 Å². The van der Waals surface area contributed by atoms with Gasteiger partial charge in [0, 0.05) is 25.4 Å². The fraction of sp³-hybridized carbons (Fsp3) is 0.308. The van der Waals surface area contributed by atoms with Gasteiger partial charge < -0.3 is 5.32 Å². The summed E-state index contributed by atoms with van der Waals surface area (Å²) in [7, 11) is 1.85. The van der Waals surface area contributed by atoms with Gasteiger partial charge in [-0.2, -0.15) is 5.10 Å². The van der Waals surface area contributed by atoms with Gasteiger partial charge in [-0.15, -0.1) is 0 Å². The van der Waals surface area contributed by atoms with Gasteiger partial charge in [-0.3, -0.25) is 14.8 Å². The molecule has 1 aromatic carbocycles. The minimum absolute atomic E-state index is 0.0316. The Morgan fingerprint density at radius 2 is 2.32 bits per heavy atom. The first kappa shape index (κ1) is 13.1. The lowest BCUT2D eigenvalue weighted by molar-refractivity contribution is -0.384. The largest absolute Gasteiger partial charge is 0.376 e. The number of nitro groups is 1. The molecule has 2 aromatic rings. The summed E-state index contributed by atoms with van der Waals surface area (Å²) in [5.74, 6) is 0. The zero-order valence-corrected chi connectivity index (χ0v) is 10.9. The fourth-order valence-corrected chi connectivity index (χ4v) is 1.97. The normalized spacial score (nSPS) is 12.1. The van der Waals surface area contributed by atoms with Crippen LogP contribution in [0.5, 0.6) is 0 Å². The molecule has 100 valence electrons. The van der Waals surface area contributed by atoms with Crippen molar-refractivity contribution in [3.05, 3.63) is 52.3 Å². The van der Waals surface area contributed by atoms with E-state index in [0.717, 1.165) is 17.7 Å². The number of aryl methyl sites for hydroxylation is 1. The summed E-state index contributed by atoms with van der Waals surface area (Å²) >= 11 is 0. The predicted octanol–water partition coefficient (Wildman–Crippen LogP) is 2.89. The lowest BCUT2D eigenvalue weighted by Crippen LogP contribution is -2.09. The van der Waals surface area contributed by atoms with Crippen molar-refractivity contribution in [2.45, 2.75) is 19.4 Å². The molecule has 0 bridgehead atoms. The molecule has 6 heteroatoms. The van der Waals surface area contributed by atoms with Gasteiger partial charge in [0.05, 0.1) is 22.8 Å². The SMILES string of the molecule is CCC(Nc1cnn(C)c1)c1cccc([N+](=O)[O-])c1. The number of non-ortho nitro benzene ring substituents is 1. The van der Waals surface area contributed by atoms with Crippen LogP contribution in [0.3, 0.4) is 0 Å². The lowest BCUT2D eigenvalue weighted by atomic mass is 10.0. The van der Waals surface area contributed by atoms with Crippen molar-refractivity contribution in [1.82, 2.24) is 9.78 Å². The second-order valence-electron chi connectivity index (χ2n) is 4.36. The summed E-state index contributed by atoms with van der Waals surface area (Å²) in [6, 6.07) is 6.74. The maximum absolute atomic E-state index is 10.8. The first-order valence-corrected chi connectivity index (χ1v) is 6.09. The summed E-state index contributed by atoms with van der Waals surface area (Å²) < 4.78 is 1.71. The minimum Gasteiger partial charge on any atom is -0.376 e. The molecule has 2 rings (SSSR count). The Morgan fingerprint density at radius 3 is 2.89 bits per heavy atom. The lowest BCUT2D eigenvalue weighted by Gasteiger charge is -2.17. The number of aromatic nitrogens is 2. The average molecular weight is 260 g/mol. The van der Waals surface area contributed by atoms with Gasteiger partial charge in [0.2, 0.25) is 0 Å².